The highest BCUT2D eigenvalue weighted by molar-refractivity contribution is 7.15. The maximum absolute atomic E-state index is 12.7. The Labute approximate surface area is 183 Å². The second-order valence-corrected chi connectivity index (χ2v) is 7.43. The molecule has 0 radical (unpaired) electrons. The largest absolute Gasteiger partial charge is 0.462 e. The minimum absolute atomic E-state index is 0.0956. The van der Waals surface area contributed by atoms with Gasteiger partial charge < -0.3 is 10.1 Å². The van der Waals surface area contributed by atoms with Gasteiger partial charge in [0.05, 0.1) is 6.61 Å². The number of nitrogens with one attached hydrogen (secondary N) is 1. The van der Waals surface area contributed by atoms with E-state index in [1.54, 1.807) is 36.6 Å². The van der Waals surface area contributed by atoms with Crippen molar-refractivity contribution in [3.05, 3.63) is 81.7 Å². The number of anilines is 1. The maximum Gasteiger partial charge on any atom is 0.341 e. The van der Waals surface area contributed by atoms with E-state index in [0.29, 0.717) is 21.2 Å². The lowest BCUT2D eigenvalue weighted by atomic mass is 10.0. The molecule has 5 nitrogen and oxygen atoms in total. The van der Waals surface area contributed by atoms with E-state index in [9.17, 15) is 14.9 Å². The van der Waals surface area contributed by atoms with Crippen molar-refractivity contribution in [2.24, 2.45) is 0 Å². The van der Waals surface area contributed by atoms with Crippen LogP contribution in [0.15, 0.2) is 65.6 Å². The molecule has 0 saturated heterocycles. The standard InChI is InChI=1S/C23H17ClN2O3S/c1-2-29-23(28)20-19(16-6-4-3-5-7-16)14-30-22(20)26-21(27)17(13-25)12-15-8-10-18(24)11-9-15/h3-12,14H,2H2,1H3,(H,26,27)/b17-12-. The summed E-state index contributed by atoms with van der Waals surface area (Å²) in [5, 5.41) is 14.8. The number of carbonyl (C=O) groups is 2. The van der Waals surface area contributed by atoms with E-state index in [1.165, 1.54) is 17.4 Å². The first-order valence-electron chi connectivity index (χ1n) is 9.06. The second-order valence-electron chi connectivity index (χ2n) is 6.12. The van der Waals surface area contributed by atoms with Crippen LogP contribution in [0.25, 0.3) is 17.2 Å². The zero-order valence-corrected chi connectivity index (χ0v) is 17.6. The Kier molecular flexibility index (Phi) is 7.02. The lowest BCUT2D eigenvalue weighted by Gasteiger charge is -2.08. The molecule has 0 spiro atoms. The van der Waals surface area contributed by atoms with E-state index >= 15 is 0 Å². The van der Waals surface area contributed by atoms with E-state index < -0.39 is 11.9 Å². The van der Waals surface area contributed by atoms with Gasteiger partial charge in [-0.25, -0.2) is 4.79 Å². The molecule has 0 aliphatic heterocycles. The highest BCUT2D eigenvalue weighted by atomic mass is 35.5. The van der Waals surface area contributed by atoms with Gasteiger partial charge >= 0.3 is 5.97 Å². The van der Waals surface area contributed by atoms with Crippen LogP contribution in [-0.4, -0.2) is 18.5 Å². The minimum Gasteiger partial charge on any atom is -0.462 e. The fourth-order valence-electron chi connectivity index (χ4n) is 2.73. The Balaban J connectivity index is 1.94. The van der Waals surface area contributed by atoms with Gasteiger partial charge in [-0.15, -0.1) is 11.3 Å². The van der Waals surface area contributed by atoms with Crippen LogP contribution in [0.5, 0.6) is 0 Å². The smallest absolute Gasteiger partial charge is 0.341 e. The molecule has 1 aromatic heterocycles. The molecule has 1 amide bonds. The predicted octanol–water partition coefficient (Wildman–Crippen LogP) is 5.79. The topological polar surface area (TPSA) is 79.2 Å². The average molecular weight is 437 g/mol. The Morgan fingerprint density at radius 1 is 1.17 bits per heavy atom. The zero-order valence-electron chi connectivity index (χ0n) is 16.0. The summed E-state index contributed by atoms with van der Waals surface area (Å²) >= 11 is 7.07. The molecule has 150 valence electrons. The first-order chi connectivity index (χ1) is 14.5. The molecule has 1 N–H and O–H groups in total. The van der Waals surface area contributed by atoms with Gasteiger partial charge in [0.25, 0.3) is 5.91 Å². The van der Waals surface area contributed by atoms with Crippen molar-refractivity contribution in [2.45, 2.75) is 6.92 Å². The SMILES string of the molecule is CCOC(=O)c1c(-c2ccccc2)csc1NC(=O)/C(C#N)=C\c1ccc(Cl)cc1. The Morgan fingerprint density at radius 2 is 1.87 bits per heavy atom. The summed E-state index contributed by atoms with van der Waals surface area (Å²) in [6, 6.07) is 18.0. The molecule has 3 rings (SSSR count). The van der Waals surface area contributed by atoms with Gasteiger partial charge in [0.15, 0.2) is 0 Å². The van der Waals surface area contributed by atoms with Crippen LogP contribution in [0, 0.1) is 11.3 Å². The van der Waals surface area contributed by atoms with Crippen molar-refractivity contribution in [1.82, 2.24) is 0 Å². The summed E-state index contributed by atoms with van der Waals surface area (Å²) in [5.41, 5.74) is 2.32. The monoisotopic (exact) mass is 436 g/mol. The fraction of sp³-hybridized carbons (Fsp3) is 0.0870. The second kappa shape index (κ2) is 9.88. The Bertz CT molecular complexity index is 1130. The van der Waals surface area contributed by atoms with E-state index in [-0.39, 0.29) is 17.7 Å². The van der Waals surface area contributed by atoms with Gasteiger partial charge in [-0.05, 0) is 36.3 Å². The minimum atomic E-state index is -0.612. The van der Waals surface area contributed by atoms with Crippen LogP contribution >= 0.6 is 22.9 Å². The summed E-state index contributed by atoms with van der Waals surface area (Å²) in [7, 11) is 0. The number of carbonyl (C=O) groups excluding carboxylic acids is 2. The Morgan fingerprint density at radius 3 is 2.50 bits per heavy atom. The van der Waals surface area contributed by atoms with Crippen molar-refractivity contribution in [1.29, 1.82) is 5.26 Å². The summed E-state index contributed by atoms with van der Waals surface area (Å²) in [6.07, 6.45) is 1.46. The van der Waals surface area contributed by atoms with Gasteiger partial charge in [0.2, 0.25) is 0 Å². The number of hydrogen-bond acceptors (Lipinski definition) is 5. The first kappa shape index (κ1) is 21.3. The molecule has 2 aromatic carbocycles. The molecule has 3 aromatic rings. The van der Waals surface area contributed by atoms with Crippen LogP contribution in [0.3, 0.4) is 0 Å². The van der Waals surface area contributed by atoms with E-state index in [2.05, 4.69) is 5.32 Å². The van der Waals surface area contributed by atoms with Crippen molar-refractivity contribution in [3.63, 3.8) is 0 Å². The van der Waals surface area contributed by atoms with Crippen LogP contribution in [0.2, 0.25) is 5.02 Å². The summed E-state index contributed by atoms with van der Waals surface area (Å²) in [5.74, 6) is -1.15. The third-order valence-corrected chi connectivity index (χ3v) is 5.28. The van der Waals surface area contributed by atoms with Gasteiger partial charge in [-0.2, -0.15) is 5.26 Å². The van der Waals surface area contributed by atoms with Crippen LogP contribution < -0.4 is 5.32 Å². The average Bonchev–Trinajstić information content (AvgIpc) is 3.17. The van der Waals surface area contributed by atoms with Gasteiger partial charge in [-0.3, -0.25) is 4.79 Å². The number of hydrogen-bond donors (Lipinski definition) is 1. The number of halogens is 1. The molecule has 7 heteroatoms. The molecule has 0 atom stereocenters. The first-order valence-corrected chi connectivity index (χ1v) is 10.3. The third kappa shape index (κ3) is 4.95. The molecule has 0 aliphatic rings. The number of nitriles is 1. The van der Waals surface area contributed by atoms with Crippen molar-refractivity contribution < 1.29 is 14.3 Å². The lowest BCUT2D eigenvalue weighted by Crippen LogP contribution is -2.16. The number of esters is 1. The van der Waals surface area contributed by atoms with Crippen LogP contribution in [0.4, 0.5) is 5.00 Å². The summed E-state index contributed by atoms with van der Waals surface area (Å²) in [4.78, 5) is 25.3. The summed E-state index contributed by atoms with van der Waals surface area (Å²) in [6.45, 7) is 1.92. The number of ether oxygens (including phenoxy) is 1. The molecule has 1 heterocycles. The van der Waals surface area contributed by atoms with Gasteiger partial charge in [0.1, 0.15) is 22.2 Å². The molecule has 0 unspecified atom stereocenters. The number of rotatable bonds is 6. The molecule has 30 heavy (non-hydrogen) atoms. The molecule has 0 bridgehead atoms. The van der Waals surface area contributed by atoms with E-state index in [1.807, 2.05) is 36.4 Å². The zero-order chi connectivity index (χ0) is 21.5. The van der Waals surface area contributed by atoms with Crippen molar-refractivity contribution in [3.8, 4) is 17.2 Å². The number of nitrogens with zero attached hydrogens (tertiary/aromatic N) is 1. The van der Waals surface area contributed by atoms with E-state index in [0.717, 1.165) is 5.56 Å². The number of benzene rings is 2. The summed E-state index contributed by atoms with van der Waals surface area (Å²) < 4.78 is 5.19. The third-order valence-electron chi connectivity index (χ3n) is 4.13. The quantitative estimate of drug-likeness (QED) is 0.301. The molecule has 0 aliphatic carbocycles. The molecule has 0 saturated carbocycles. The lowest BCUT2D eigenvalue weighted by molar-refractivity contribution is -0.112. The molecule has 0 fully saturated rings. The van der Waals surface area contributed by atoms with Gasteiger partial charge in [-0.1, -0.05) is 54.1 Å². The molecular weight excluding hydrogens is 420 g/mol. The highest BCUT2D eigenvalue weighted by Gasteiger charge is 2.23. The van der Waals surface area contributed by atoms with Crippen molar-refractivity contribution in [2.75, 3.05) is 11.9 Å². The van der Waals surface area contributed by atoms with Crippen LogP contribution in [-0.2, 0) is 9.53 Å². The van der Waals surface area contributed by atoms with Gasteiger partial charge in [0, 0.05) is 16.0 Å². The Hall–Kier alpha value is -3.40. The van der Waals surface area contributed by atoms with E-state index in [4.69, 9.17) is 16.3 Å². The number of thiophene rings is 1. The normalized spacial score (nSPS) is 10.9. The van der Waals surface area contributed by atoms with Crippen molar-refractivity contribution >= 4 is 45.9 Å². The maximum atomic E-state index is 12.7. The highest BCUT2D eigenvalue weighted by Crippen LogP contribution is 2.36. The predicted molar refractivity (Wildman–Crippen MR) is 119 cm³/mol. The fourth-order valence-corrected chi connectivity index (χ4v) is 3.81. The van der Waals surface area contributed by atoms with Crippen LogP contribution in [0.1, 0.15) is 22.8 Å². The number of amides is 1. The molecular formula is C23H17ClN2O3S.